The lowest BCUT2D eigenvalue weighted by Crippen LogP contribution is -2.40. The lowest BCUT2D eigenvalue weighted by molar-refractivity contribution is -0.117. The van der Waals surface area contributed by atoms with Crippen LogP contribution >= 0.6 is 0 Å². The van der Waals surface area contributed by atoms with E-state index in [-0.39, 0.29) is 12.5 Å². The number of piperidine rings is 1. The Morgan fingerprint density at radius 1 is 1.33 bits per heavy atom. The Kier molecular flexibility index (Phi) is 6.28. The smallest absolute Gasteiger partial charge is 0.325 e. The number of rotatable bonds is 6. The van der Waals surface area contributed by atoms with Gasteiger partial charge in [-0.25, -0.2) is 8.42 Å². The number of likely N-dealkylation sites (tertiary alicyclic amines) is 1. The van der Waals surface area contributed by atoms with E-state index >= 15 is 0 Å². The number of sulfone groups is 1. The molecule has 1 heterocycles. The third kappa shape index (κ3) is 4.73. The van der Waals surface area contributed by atoms with Crippen molar-refractivity contribution in [3.63, 3.8) is 0 Å². The van der Waals surface area contributed by atoms with Crippen LogP contribution in [0, 0.1) is 5.92 Å². The van der Waals surface area contributed by atoms with E-state index in [1.54, 1.807) is 0 Å². The summed E-state index contributed by atoms with van der Waals surface area (Å²) in [7, 11) is -4.61. The molecule has 134 valence electrons. The quantitative estimate of drug-likeness (QED) is 0.847. The zero-order chi connectivity index (χ0) is 17.7. The van der Waals surface area contributed by atoms with Crippen LogP contribution in [0.1, 0.15) is 26.2 Å². The van der Waals surface area contributed by atoms with E-state index in [0.717, 1.165) is 38.1 Å². The van der Waals surface area contributed by atoms with Gasteiger partial charge in [0.25, 0.3) is 0 Å². The van der Waals surface area contributed by atoms with Gasteiger partial charge >= 0.3 is 5.76 Å². The van der Waals surface area contributed by atoms with Gasteiger partial charge in [0.05, 0.1) is 11.4 Å². The fourth-order valence-electron chi connectivity index (χ4n) is 2.86. The average Bonchev–Trinajstić information content (AvgIpc) is 2.55. The van der Waals surface area contributed by atoms with E-state index in [1.165, 1.54) is 18.6 Å². The minimum absolute atomic E-state index is 0.198. The molecule has 0 bridgehead atoms. The molecule has 1 amide bonds. The molecule has 0 aromatic heterocycles. The molecule has 1 unspecified atom stereocenters. The summed E-state index contributed by atoms with van der Waals surface area (Å²) in [5.41, 5.74) is 0.386. The highest BCUT2D eigenvalue weighted by molar-refractivity contribution is 7.91. The molecule has 1 saturated heterocycles. The first kappa shape index (κ1) is 18.8. The van der Waals surface area contributed by atoms with Gasteiger partial charge in [-0.2, -0.15) is 8.78 Å². The first-order valence-electron chi connectivity index (χ1n) is 7.97. The number of carbonyl (C=O) groups is 1. The summed E-state index contributed by atoms with van der Waals surface area (Å²) in [6, 6.07) is 4.78. The lowest BCUT2D eigenvalue weighted by Gasteiger charge is -2.31. The SMILES string of the molecule is CCC1CCCN(CC(=O)Nc2ccc(S(=O)(=O)C(F)F)cc2)C1. The third-order valence-corrected chi connectivity index (χ3v) is 5.65. The molecule has 1 fully saturated rings. The number of amides is 1. The largest absolute Gasteiger partial charge is 0.341 e. The average molecular weight is 360 g/mol. The van der Waals surface area contributed by atoms with E-state index in [2.05, 4.69) is 17.1 Å². The van der Waals surface area contributed by atoms with Crippen molar-refractivity contribution in [2.75, 3.05) is 25.0 Å². The molecule has 0 spiro atoms. The minimum atomic E-state index is -4.61. The number of halogens is 2. The van der Waals surface area contributed by atoms with Gasteiger partial charge in [0.1, 0.15) is 0 Å². The van der Waals surface area contributed by atoms with Crippen LogP contribution in [0.25, 0.3) is 0 Å². The first-order chi connectivity index (χ1) is 11.3. The molecule has 0 aliphatic carbocycles. The molecule has 1 aliphatic rings. The predicted octanol–water partition coefficient (Wildman–Crippen LogP) is 2.74. The summed E-state index contributed by atoms with van der Waals surface area (Å²) in [5, 5.41) is 2.67. The van der Waals surface area contributed by atoms with Gasteiger partial charge in [-0.3, -0.25) is 9.69 Å². The van der Waals surface area contributed by atoms with Crippen molar-refractivity contribution >= 4 is 21.4 Å². The van der Waals surface area contributed by atoms with E-state index in [1.807, 2.05) is 0 Å². The molecule has 1 aromatic carbocycles. The molecule has 0 saturated carbocycles. The highest BCUT2D eigenvalue weighted by Crippen LogP contribution is 2.21. The maximum absolute atomic E-state index is 12.5. The summed E-state index contributed by atoms with van der Waals surface area (Å²) in [6.45, 7) is 4.20. The number of anilines is 1. The molecule has 8 heteroatoms. The summed E-state index contributed by atoms with van der Waals surface area (Å²) in [5.74, 6) is -3.04. The van der Waals surface area contributed by atoms with Crippen molar-refractivity contribution in [2.24, 2.45) is 5.92 Å². The first-order valence-corrected chi connectivity index (χ1v) is 9.52. The highest BCUT2D eigenvalue weighted by Gasteiger charge is 2.26. The number of benzene rings is 1. The van der Waals surface area contributed by atoms with Crippen molar-refractivity contribution in [3.8, 4) is 0 Å². The fourth-order valence-corrected chi connectivity index (χ4v) is 3.58. The second-order valence-electron chi connectivity index (χ2n) is 6.03. The summed E-state index contributed by atoms with van der Waals surface area (Å²) < 4.78 is 47.6. The second-order valence-corrected chi connectivity index (χ2v) is 7.95. The van der Waals surface area contributed by atoms with Crippen LogP contribution in [0.15, 0.2) is 29.2 Å². The Balaban J connectivity index is 1.93. The van der Waals surface area contributed by atoms with Crippen LogP contribution in [0.4, 0.5) is 14.5 Å². The summed E-state index contributed by atoms with van der Waals surface area (Å²) in [4.78, 5) is 13.7. The van der Waals surface area contributed by atoms with Crippen LogP contribution in [0.2, 0.25) is 0 Å². The van der Waals surface area contributed by atoms with Gasteiger partial charge < -0.3 is 5.32 Å². The summed E-state index contributed by atoms with van der Waals surface area (Å²) in [6.07, 6.45) is 3.36. The maximum atomic E-state index is 12.5. The van der Waals surface area contributed by atoms with Gasteiger partial charge in [0.2, 0.25) is 15.7 Å². The Morgan fingerprint density at radius 3 is 2.58 bits per heavy atom. The van der Waals surface area contributed by atoms with E-state index < -0.39 is 20.5 Å². The van der Waals surface area contributed by atoms with Gasteiger partial charge in [0, 0.05) is 12.2 Å². The van der Waals surface area contributed by atoms with Crippen LogP contribution in [-0.4, -0.2) is 44.6 Å². The monoisotopic (exact) mass is 360 g/mol. The van der Waals surface area contributed by atoms with E-state index in [9.17, 15) is 22.0 Å². The van der Waals surface area contributed by atoms with E-state index in [0.29, 0.717) is 11.6 Å². The molecule has 5 nitrogen and oxygen atoms in total. The third-order valence-electron chi connectivity index (χ3n) is 4.25. The predicted molar refractivity (Wildman–Crippen MR) is 87.7 cm³/mol. The molecule has 0 radical (unpaired) electrons. The topological polar surface area (TPSA) is 66.5 Å². The molecular formula is C16H22F2N2O3S. The van der Waals surface area contributed by atoms with Gasteiger partial charge in [0.15, 0.2) is 0 Å². The zero-order valence-corrected chi connectivity index (χ0v) is 14.4. The van der Waals surface area contributed by atoms with Crippen molar-refractivity contribution in [1.82, 2.24) is 4.90 Å². The minimum Gasteiger partial charge on any atom is -0.325 e. The molecule has 24 heavy (non-hydrogen) atoms. The van der Waals surface area contributed by atoms with Crippen LogP contribution in [0.5, 0.6) is 0 Å². The molecule has 1 N–H and O–H groups in total. The molecular weight excluding hydrogens is 338 g/mol. The standard InChI is InChI=1S/C16H22F2N2O3S/c1-2-12-4-3-9-20(10-12)11-15(21)19-13-5-7-14(8-6-13)24(22,23)16(17)18/h5-8,12,16H,2-4,9-11H2,1H3,(H,19,21). The van der Waals surface area contributed by atoms with Crippen LogP contribution < -0.4 is 5.32 Å². The van der Waals surface area contributed by atoms with Gasteiger partial charge in [-0.05, 0) is 49.6 Å². The number of carbonyl (C=O) groups excluding carboxylic acids is 1. The van der Waals surface area contributed by atoms with Crippen molar-refractivity contribution in [3.05, 3.63) is 24.3 Å². The number of nitrogens with zero attached hydrogens (tertiary/aromatic N) is 1. The molecule has 2 rings (SSSR count). The van der Waals surface area contributed by atoms with Gasteiger partial charge in [-0.1, -0.05) is 13.3 Å². The maximum Gasteiger partial charge on any atom is 0.341 e. The Hall–Kier alpha value is -1.54. The lowest BCUT2D eigenvalue weighted by atomic mass is 9.96. The Bertz CT molecular complexity index is 662. The normalized spacial score (nSPS) is 19.4. The molecule has 1 aliphatic heterocycles. The van der Waals surface area contributed by atoms with Crippen LogP contribution in [-0.2, 0) is 14.6 Å². The Morgan fingerprint density at radius 2 is 2.00 bits per heavy atom. The second kappa shape index (κ2) is 8.02. The number of hydrogen-bond donors (Lipinski definition) is 1. The number of alkyl halides is 2. The van der Waals surface area contributed by atoms with Crippen LogP contribution in [0.3, 0.4) is 0 Å². The highest BCUT2D eigenvalue weighted by atomic mass is 32.2. The van der Waals surface area contributed by atoms with Crippen molar-refractivity contribution in [2.45, 2.75) is 36.8 Å². The van der Waals surface area contributed by atoms with Crippen molar-refractivity contribution in [1.29, 1.82) is 0 Å². The van der Waals surface area contributed by atoms with Gasteiger partial charge in [-0.15, -0.1) is 0 Å². The Labute approximate surface area is 141 Å². The summed E-state index contributed by atoms with van der Waals surface area (Å²) >= 11 is 0. The van der Waals surface area contributed by atoms with Crippen molar-refractivity contribution < 1.29 is 22.0 Å². The zero-order valence-electron chi connectivity index (χ0n) is 13.5. The van der Waals surface area contributed by atoms with E-state index in [4.69, 9.17) is 0 Å². The number of hydrogen-bond acceptors (Lipinski definition) is 4. The fraction of sp³-hybridized carbons (Fsp3) is 0.562. The number of nitrogens with one attached hydrogen (secondary N) is 1. The molecule has 1 aromatic rings. The molecule has 1 atom stereocenters.